The average molecular weight is 450 g/mol. The van der Waals surface area contributed by atoms with Crippen molar-refractivity contribution in [3.63, 3.8) is 0 Å². The molecule has 5 nitrogen and oxygen atoms in total. The number of carbonyl (C=O) groups excluding carboxylic acids is 2. The van der Waals surface area contributed by atoms with Crippen molar-refractivity contribution in [3.8, 4) is 5.69 Å². The lowest BCUT2D eigenvalue weighted by Crippen LogP contribution is -2.54. The van der Waals surface area contributed by atoms with E-state index in [1.807, 2.05) is 73.9 Å². The number of hydrogen-bond donors (Lipinski definition) is 1. The zero-order valence-corrected chi connectivity index (χ0v) is 18.8. The van der Waals surface area contributed by atoms with Crippen LogP contribution in [0.15, 0.2) is 60.2 Å². The first-order valence-electron chi connectivity index (χ1n) is 9.70. The second-order valence-electron chi connectivity index (χ2n) is 7.39. The van der Waals surface area contributed by atoms with E-state index in [1.54, 1.807) is 12.1 Å². The molecule has 0 bridgehead atoms. The van der Waals surface area contributed by atoms with Gasteiger partial charge in [0.25, 0.3) is 11.8 Å². The van der Waals surface area contributed by atoms with Gasteiger partial charge in [-0.2, -0.15) is 0 Å². The van der Waals surface area contributed by atoms with Gasteiger partial charge in [0, 0.05) is 22.1 Å². The van der Waals surface area contributed by atoms with Crippen LogP contribution in [0, 0.1) is 20.8 Å². The number of hydrogen-bond acceptors (Lipinski definition) is 3. The van der Waals surface area contributed by atoms with Crippen LogP contribution in [0.5, 0.6) is 0 Å². The summed E-state index contributed by atoms with van der Waals surface area (Å²) in [6.45, 7) is 5.80. The summed E-state index contributed by atoms with van der Waals surface area (Å²) < 4.78 is 2.03. The van der Waals surface area contributed by atoms with E-state index in [1.165, 1.54) is 4.90 Å². The molecule has 0 spiro atoms. The molecule has 1 N–H and O–H groups in total. The second kappa shape index (κ2) is 8.13. The fourth-order valence-electron chi connectivity index (χ4n) is 3.79. The predicted octanol–water partition coefficient (Wildman–Crippen LogP) is 4.89. The lowest BCUT2D eigenvalue weighted by molar-refractivity contribution is -0.122. The number of nitrogens with zero attached hydrogens (tertiary/aromatic N) is 2. The zero-order chi connectivity index (χ0) is 22.3. The molecule has 1 aromatic heterocycles. The van der Waals surface area contributed by atoms with Crippen molar-refractivity contribution in [3.05, 3.63) is 87.7 Å². The number of halogens is 1. The van der Waals surface area contributed by atoms with Gasteiger partial charge in [-0.15, -0.1) is 0 Å². The molecule has 31 heavy (non-hydrogen) atoms. The maximum atomic E-state index is 13.3. The molecule has 0 aliphatic carbocycles. The van der Waals surface area contributed by atoms with Crippen LogP contribution in [0.3, 0.4) is 0 Å². The van der Waals surface area contributed by atoms with Crippen molar-refractivity contribution >= 4 is 52.5 Å². The predicted molar refractivity (Wildman–Crippen MR) is 128 cm³/mol. The Hall–Kier alpha value is -3.22. The van der Waals surface area contributed by atoms with Gasteiger partial charge in [-0.05, 0) is 80.5 Å². The molecule has 7 heteroatoms. The van der Waals surface area contributed by atoms with E-state index in [-0.39, 0.29) is 10.7 Å². The Labute approximate surface area is 190 Å². The third-order valence-electron chi connectivity index (χ3n) is 5.29. The number of thiocarbonyl (C=S) groups is 1. The van der Waals surface area contributed by atoms with Gasteiger partial charge in [0.15, 0.2) is 5.11 Å². The first-order chi connectivity index (χ1) is 14.8. The summed E-state index contributed by atoms with van der Waals surface area (Å²) >= 11 is 11.5. The van der Waals surface area contributed by atoms with Gasteiger partial charge in [-0.3, -0.25) is 19.8 Å². The lowest BCUT2D eigenvalue weighted by atomic mass is 10.1. The van der Waals surface area contributed by atoms with Crippen LogP contribution in [0.2, 0.25) is 5.02 Å². The molecule has 0 unspecified atom stereocenters. The first-order valence-corrected chi connectivity index (χ1v) is 10.5. The first kappa shape index (κ1) is 21.0. The maximum Gasteiger partial charge on any atom is 0.270 e. The fourth-order valence-corrected chi connectivity index (χ4v) is 4.25. The highest BCUT2D eigenvalue weighted by Gasteiger charge is 2.35. The summed E-state index contributed by atoms with van der Waals surface area (Å²) in [6, 6.07) is 16.9. The van der Waals surface area contributed by atoms with Crippen LogP contribution in [-0.4, -0.2) is 21.5 Å². The van der Waals surface area contributed by atoms with E-state index in [0.29, 0.717) is 10.7 Å². The van der Waals surface area contributed by atoms with Gasteiger partial charge in [0.1, 0.15) is 5.57 Å². The summed E-state index contributed by atoms with van der Waals surface area (Å²) in [6.07, 6.45) is 1.62. The molecule has 3 aromatic rings. The molecule has 1 aliphatic rings. The molecule has 2 heterocycles. The fraction of sp³-hybridized carbons (Fsp3) is 0.125. The van der Waals surface area contributed by atoms with Gasteiger partial charge < -0.3 is 4.57 Å². The Morgan fingerprint density at radius 1 is 1.00 bits per heavy atom. The standard InChI is InChI=1S/C24H20ClN3O2S/c1-14-7-4-5-10-21(14)28-23(30)20(22(29)26-24(28)31)12-17-11-15(2)27(16(17)3)19-9-6-8-18(25)13-19/h4-13H,1-3H3,(H,26,29,31)/b20-12+. The van der Waals surface area contributed by atoms with Gasteiger partial charge >= 0.3 is 0 Å². The minimum atomic E-state index is -0.507. The van der Waals surface area contributed by atoms with Crippen molar-refractivity contribution in [2.45, 2.75) is 20.8 Å². The summed E-state index contributed by atoms with van der Waals surface area (Å²) in [7, 11) is 0. The van der Waals surface area contributed by atoms with E-state index < -0.39 is 11.8 Å². The Kier molecular flexibility index (Phi) is 5.52. The molecule has 156 valence electrons. The highest BCUT2D eigenvalue weighted by Crippen LogP contribution is 2.28. The van der Waals surface area contributed by atoms with E-state index in [9.17, 15) is 9.59 Å². The molecular weight excluding hydrogens is 430 g/mol. The SMILES string of the molecule is Cc1ccccc1N1C(=O)/C(=C/c2cc(C)n(-c3cccc(Cl)c3)c2C)C(=O)NC1=S. The van der Waals surface area contributed by atoms with Gasteiger partial charge in [0.2, 0.25) is 0 Å². The third kappa shape index (κ3) is 3.80. The van der Waals surface area contributed by atoms with Crippen LogP contribution in [0.1, 0.15) is 22.5 Å². The summed E-state index contributed by atoms with van der Waals surface area (Å²) in [4.78, 5) is 27.3. The van der Waals surface area contributed by atoms with Crippen LogP contribution < -0.4 is 10.2 Å². The number of para-hydroxylation sites is 1. The van der Waals surface area contributed by atoms with E-state index in [0.717, 1.165) is 28.2 Å². The number of aromatic nitrogens is 1. The molecule has 0 atom stereocenters. The highest BCUT2D eigenvalue weighted by molar-refractivity contribution is 7.80. The molecule has 1 saturated heterocycles. The van der Waals surface area contributed by atoms with Crippen LogP contribution in [0.4, 0.5) is 5.69 Å². The highest BCUT2D eigenvalue weighted by atomic mass is 35.5. The van der Waals surface area contributed by atoms with Crippen molar-refractivity contribution < 1.29 is 9.59 Å². The summed E-state index contributed by atoms with van der Waals surface area (Å²) in [5.41, 5.74) is 5.09. The lowest BCUT2D eigenvalue weighted by Gasteiger charge is -2.30. The number of carbonyl (C=O) groups is 2. The molecule has 0 saturated carbocycles. The molecule has 2 aromatic carbocycles. The summed E-state index contributed by atoms with van der Waals surface area (Å²) in [5, 5.41) is 3.35. The van der Waals surface area contributed by atoms with Crippen LogP contribution in [-0.2, 0) is 9.59 Å². The Morgan fingerprint density at radius 2 is 1.74 bits per heavy atom. The van der Waals surface area contributed by atoms with Gasteiger partial charge in [-0.1, -0.05) is 35.9 Å². The molecular formula is C24H20ClN3O2S. The zero-order valence-electron chi connectivity index (χ0n) is 17.3. The number of anilines is 1. The minimum absolute atomic E-state index is 0.0307. The number of benzene rings is 2. The summed E-state index contributed by atoms with van der Waals surface area (Å²) in [5.74, 6) is -0.956. The quantitative estimate of drug-likeness (QED) is 0.352. The normalized spacial score (nSPS) is 15.5. The Bertz CT molecular complexity index is 1280. The molecule has 4 rings (SSSR count). The maximum absolute atomic E-state index is 13.3. The van der Waals surface area contributed by atoms with Gasteiger partial charge in [0.05, 0.1) is 5.69 Å². The van der Waals surface area contributed by atoms with E-state index >= 15 is 0 Å². The van der Waals surface area contributed by atoms with Crippen LogP contribution in [0.25, 0.3) is 11.8 Å². The second-order valence-corrected chi connectivity index (χ2v) is 8.21. The Balaban J connectivity index is 1.79. The topological polar surface area (TPSA) is 54.3 Å². The number of nitrogens with one attached hydrogen (secondary N) is 1. The van der Waals surface area contributed by atoms with E-state index in [4.69, 9.17) is 23.8 Å². The molecule has 0 radical (unpaired) electrons. The minimum Gasteiger partial charge on any atom is -0.318 e. The van der Waals surface area contributed by atoms with Crippen molar-refractivity contribution in [2.75, 3.05) is 4.90 Å². The molecule has 1 aliphatic heterocycles. The van der Waals surface area contributed by atoms with Crippen molar-refractivity contribution in [1.82, 2.24) is 9.88 Å². The smallest absolute Gasteiger partial charge is 0.270 e. The third-order valence-corrected chi connectivity index (χ3v) is 5.81. The largest absolute Gasteiger partial charge is 0.318 e. The number of rotatable bonds is 3. The average Bonchev–Trinajstić information content (AvgIpc) is 2.99. The number of aryl methyl sites for hydroxylation is 2. The van der Waals surface area contributed by atoms with Crippen molar-refractivity contribution in [2.24, 2.45) is 0 Å². The number of amides is 2. The molecule has 1 fully saturated rings. The van der Waals surface area contributed by atoms with E-state index in [2.05, 4.69) is 5.32 Å². The van der Waals surface area contributed by atoms with Gasteiger partial charge in [-0.25, -0.2) is 0 Å². The Morgan fingerprint density at radius 3 is 2.45 bits per heavy atom. The van der Waals surface area contributed by atoms with Crippen molar-refractivity contribution in [1.29, 1.82) is 0 Å². The monoisotopic (exact) mass is 449 g/mol. The molecule has 2 amide bonds. The van der Waals surface area contributed by atoms with Crippen LogP contribution >= 0.6 is 23.8 Å².